The molecule has 3 nitrogen and oxygen atoms in total. The minimum atomic E-state index is -0.463. The zero-order valence-electron chi connectivity index (χ0n) is 9.20. The molecule has 4 heteroatoms. The fourth-order valence-corrected chi connectivity index (χ4v) is 1.34. The van der Waals surface area contributed by atoms with Crippen molar-refractivity contribution in [2.24, 2.45) is 0 Å². The summed E-state index contributed by atoms with van der Waals surface area (Å²) in [5, 5.41) is 20.7. The minimum Gasteiger partial charge on any atom is -0.393 e. The monoisotopic (exact) mass is 222 g/mol. The van der Waals surface area contributed by atoms with Crippen molar-refractivity contribution in [2.75, 3.05) is 6.54 Å². The Hall–Kier alpha value is -1.44. The fraction of sp³-hybridized carbons (Fsp3) is 0.417. The Bertz CT molecular complexity index is 385. The van der Waals surface area contributed by atoms with Crippen LogP contribution in [0.4, 0.5) is 4.39 Å². The van der Waals surface area contributed by atoms with Gasteiger partial charge in [0.05, 0.1) is 11.7 Å². The topological polar surface area (TPSA) is 56.0 Å². The van der Waals surface area contributed by atoms with Crippen LogP contribution < -0.4 is 5.32 Å². The summed E-state index contributed by atoms with van der Waals surface area (Å²) in [4.78, 5) is 0. The average Bonchev–Trinajstić information content (AvgIpc) is 2.26. The van der Waals surface area contributed by atoms with Crippen molar-refractivity contribution in [3.8, 4) is 6.07 Å². The molecule has 0 aromatic heterocycles. The van der Waals surface area contributed by atoms with Gasteiger partial charge >= 0.3 is 0 Å². The van der Waals surface area contributed by atoms with Crippen molar-refractivity contribution in [1.29, 1.82) is 5.26 Å². The summed E-state index contributed by atoms with van der Waals surface area (Å²) in [5.41, 5.74) is 0.541. The summed E-state index contributed by atoms with van der Waals surface area (Å²) < 4.78 is 13.5. The lowest BCUT2D eigenvalue weighted by atomic mass is 10.1. The standard InChI is InChI=1S/C12H15FN2O/c1-9(16)5-6-15-8-11-4-2-3-10(7-14)12(11)13/h2-4,9,15-16H,5-6,8H2,1H3. The van der Waals surface area contributed by atoms with Crippen LogP contribution in [0, 0.1) is 17.1 Å². The fourth-order valence-electron chi connectivity index (χ4n) is 1.34. The first-order valence-corrected chi connectivity index (χ1v) is 5.21. The lowest BCUT2D eigenvalue weighted by molar-refractivity contribution is 0.183. The van der Waals surface area contributed by atoms with Crippen molar-refractivity contribution < 1.29 is 9.50 Å². The second-order valence-corrected chi connectivity index (χ2v) is 3.70. The van der Waals surface area contributed by atoms with Gasteiger partial charge in [0, 0.05) is 12.1 Å². The number of aliphatic hydroxyl groups is 1. The van der Waals surface area contributed by atoms with Crippen LogP contribution in [0.1, 0.15) is 24.5 Å². The summed E-state index contributed by atoms with van der Waals surface area (Å²) in [7, 11) is 0. The van der Waals surface area contributed by atoms with Crippen LogP contribution in [0.15, 0.2) is 18.2 Å². The van der Waals surface area contributed by atoms with E-state index in [2.05, 4.69) is 5.32 Å². The Kier molecular flexibility index (Phi) is 4.90. The van der Waals surface area contributed by atoms with Crippen LogP contribution in [0.2, 0.25) is 0 Å². The molecule has 0 saturated carbocycles. The molecule has 0 aliphatic heterocycles. The van der Waals surface area contributed by atoms with Gasteiger partial charge in [0.25, 0.3) is 0 Å². The zero-order valence-corrected chi connectivity index (χ0v) is 9.20. The van der Waals surface area contributed by atoms with E-state index in [1.165, 1.54) is 6.07 Å². The molecule has 0 aliphatic rings. The lowest BCUT2D eigenvalue weighted by Gasteiger charge is -2.07. The Labute approximate surface area is 94.5 Å². The van der Waals surface area contributed by atoms with E-state index in [0.29, 0.717) is 25.1 Å². The van der Waals surface area contributed by atoms with Gasteiger partial charge in [0.15, 0.2) is 0 Å². The third kappa shape index (κ3) is 3.61. The minimum absolute atomic E-state index is 0.0647. The molecule has 0 heterocycles. The quantitative estimate of drug-likeness (QED) is 0.743. The second-order valence-electron chi connectivity index (χ2n) is 3.70. The second kappa shape index (κ2) is 6.21. The van der Waals surface area contributed by atoms with Crippen LogP contribution in [0.5, 0.6) is 0 Å². The number of hydrogen-bond donors (Lipinski definition) is 2. The van der Waals surface area contributed by atoms with Crippen molar-refractivity contribution in [2.45, 2.75) is 26.0 Å². The number of nitriles is 1. The van der Waals surface area contributed by atoms with E-state index in [4.69, 9.17) is 10.4 Å². The molecule has 1 aromatic rings. The van der Waals surface area contributed by atoms with Crippen molar-refractivity contribution >= 4 is 0 Å². The number of hydrogen-bond acceptors (Lipinski definition) is 3. The molecule has 0 saturated heterocycles. The van der Waals surface area contributed by atoms with Crippen LogP contribution in [-0.4, -0.2) is 17.8 Å². The first-order chi connectivity index (χ1) is 7.65. The maximum atomic E-state index is 13.5. The van der Waals surface area contributed by atoms with Crippen LogP contribution in [0.3, 0.4) is 0 Å². The molecule has 0 bridgehead atoms. The molecule has 0 aliphatic carbocycles. The van der Waals surface area contributed by atoms with Gasteiger partial charge in [0.1, 0.15) is 11.9 Å². The average molecular weight is 222 g/mol. The summed E-state index contributed by atoms with van der Waals surface area (Å²) in [6.45, 7) is 2.69. The van der Waals surface area contributed by atoms with Gasteiger partial charge in [-0.2, -0.15) is 5.26 Å². The molecule has 0 amide bonds. The molecule has 0 radical (unpaired) electrons. The number of benzene rings is 1. The molecule has 1 atom stereocenters. The molecular formula is C12H15FN2O. The summed E-state index contributed by atoms with van der Waals surface area (Å²) in [6, 6.07) is 6.56. The first kappa shape index (κ1) is 12.6. The van der Waals surface area contributed by atoms with Gasteiger partial charge < -0.3 is 10.4 Å². The van der Waals surface area contributed by atoms with Gasteiger partial charge in [-0.25, -0.2) is 4.39 Å². The Morgan fingerprint density at radius 1 is 1.56 bits per heavy atom. The highest BCUT2D eigenvalue weighted by atomic mass is 19.1. The molecule has 0 fully saturated rings. The summed E-state index contributed by atoms with van der Waals surface area (Å²) in [6.07, 6.45) is 0.266. The predicted octanol–water partition coefficient (Wildman–Crippen LogP) is 1.56. The van der Waals surface area contributed by atoms with E-state index < -0.39 is 5.82 Å². The SMILES string of the molecule is CC(O)CCNCc1cccc(C#N)c1F. The predicted molar refractivity (Wildman–Crippen MR) is 59.1 cm³/mol. The van der Waals surface area contributed by atoms with E-state index in [1.54, 1.807) is 25.1 Å². The number of rotatable bonds is 5. The van der Waals surface area contributed by atoms with Crippen LogP contribution >= 0.6 is 0 Å². The van der Waals surface area contributed by atoms with Gasteiger partial charge in [-0.3, -0.25) is 0 Å². The van der Waals surface area contributed by atoms with E-state index in [-0.39, 0.29) is 11.7 Å². The van der Waals surface area contributed by atoms with E-state index in [0.717, 1.165) is 0 Å². The molecule has 1 unspecified atom stereocenters. The highest BCUT2D eigenvalue weighted by Crippen LogP contribution is 2.11. The highest BCUT2D eigenvalue weighted by molar-refractivity contribution is 5.34. The normalized spacial score (nSPS) is 12.1. The Balaban J connectivity index is 2.52. The van der Waals surface area contributed by atoms with Crippen molar-refractivity contribution in [3.63, 3.8) is 0 Å². The van der Waals surface area contributed by atoms with Crippen LogP contribution in [-0.2, 0) is 6.54 Å². The number of aliphatic hydroxyl groups excluding tert-OH is 1. The van der Waals surface area contributed by atoms with Gasteiger partial charge in [-0.15, -0.1) is 0 Å². The Morgan fingerprint density at radius 3 is 2.94 bits per heavy atom. The third-order valence-electron chi connectivity index (χ3n) is 2.25. The maximum absolute atomic E-state index is 13.5. The van der Waals surface area contributed by atoms with Crippen molar-refractivity contribution in [1.82, 2.24) is 5.32 Å². The largest absolute Gasteiger partial charge is 0.393 e. The molecular weight excluding hydrogens is 207 g/mol. The molecule has 0 spiro atoms. The van der Waals surface area contributed by atoms with E-state index in [1.807, 2.05) is 0 Å². The van der Waals surface area contributed by atoms with Gasteiger partial charge in [-0.1, -0.05) is 12.1 Å². The molecule has 2 N–H and O–H groups in total. The number of nitrogens with one attached hydrogen (secondary N) is 1. The van der Waals surface area contributed by atoms with E-state index in [9.17, 15) is 4.39 Å². The Morgan fingerprint density at radius 2 is 2.31 bits per heavy atom. The van der Waals surface area contributed by atoms with Crippen molar-refractivity contribution in [3.05, 3.63) is 35.1 Å². The molecule has 1 rings (SSSR count). The molecule has 16 heavy (non-hydrogen) atoms. The van der Waals surface area contributed by atoms with Gasteiger partial charge in [0.2, 0.25) is 0 Å². The molecule has 1 aromatic carbocycles. The third-order valence-corrected chi connectivity index (χ3v) is 2.25. The first-order valence-electron chi connectivity index (χ1n) is 5.21. The maximum Gasteiger partial charge on any atom is 0.145 e. The number of nitrogens with zero attached hydrogens (tertiary/aromatic N) is 1. The summed E-state index contributed by atoms with van der Waals surface area (Å²) >= 11 is 0. The highest BCUT2D eigenvalue weighted by Gasteiger charge is 2.06. The lowest BCUT2D eigenvalue weighted by Crippen LogP contribution is -2.19. The zero-order chi connectivity index (χ0) is 12.0. The number of halogens is 1. The summed E-state index contributed by atoms with van der Waals surface area (Å²) in [5.74, 6) is -0.463. The van der Waals surface area contributed by atoms with Crippen LogP contribution in [0.25, 0.3) is 0 Å². The van der Waals surface area contributed by atoms with Gasteiger partial charge in [-0.05, 0) is 26.0 Å². The van der Waals surface area contributed by atoms with E-state index >= 15 is 0 Å². The smallest absolute Gasteiger partial charge is 0.145 e. The molecule has 86 valence electrons.